The minimum Gasteiger partial charge on any atom is -0.462 e. The van der Waals surface area contributed by atoms with Crippen molar-refractivity contribution in [3.63, 3.8) is 0 Å². The van der Waals surface area contributed by atoms with Crippen LogP contribution in [0.3, 0.4) is 0 Å². The molecule has 130 valence electrons. The van der Waals surface area contributed by atoms with Gasteiger partial charge in [0.05, 0.1) is 5.92 Å². The van der Waals surface area contributed by atoms with Crippen molar-refractivity contribution in [2.45, 2.75) is 58.5 Å². The summed E-state index contributed by atoms with van der Waals surface area (Å²) in [4.78, 5) is 23.8. The van der Waals surface area contributed by atoms with E-state index < -0.39 is 0 Å². The van der Waals surface area contributed by atoms with Crippen LogP contribution in [0.1, 0.15) is 52.4 Å². The largest absolute Gasteiger partial charge is 0.462 e. The lowest BCUT2D eigenvalue weighted by Crippen LogP contribution is -2.39. The SMILES string of the molecule is CCOCOC(=O)C1CC2CC1C1CC(OC(=O)CC)CCC21. The molecule has 23 heavy (non-hydrogen) atoms. The number of carbonyl (C=O) groups excluding carboxylic acids is 2. The van der Waals surface area contributed by atoms with Gasteiger partial charge in [-0.25, -0.2) is 0 Å². The van der Waals surface area contributed by atoms with Crippen LogP contribution >= 0.6 is 0 Å². The molecule has 5 nitrogen and oxygen atoms in total. The fourth-order valence-electron chi connectivity index (χ4n) is 5.14. The maximum absolute atomic E-state index is 12.3. The van der Waals surface area contributed by atoms with Crippen LogP contribution in [0.25, 0.3) is 0 Å². The van der Waals surface area contributed by atoms with Crippen LogP contribution in [0.15, 0.2) is 0 Å². The van der Waals surface area contributed by atoms with E-state index in [0.717, 1.165) is 32.1 Å². The summed E-state index contributed by atoms with van der Waals surface area (Å²) in [6, 6.07) is 0. The van der Waals surface area contributed by atoms with Gasteiger partial charge in [-0.1, -0.05) is 6.92 Å². The average Bonchev–Trinajstić information content (AvgIpc) is 3.14. The molecule has 0 aromatic heterocycles. The highest BCUT2D eigenvalue weighted by Gasteiger charge is 2.56. The van der Waals surface area contributed by atoms with Gasteiger partial charge in [0.25, 0.3) is 0 Å². The van der Waals surface area contributed by atoms with Crippen LogP contribution in [0.2, 0.25) is 0 Å². The molecule has 0 radical (unpaired) electrons. The van der Waals surface area contributed by atoms with Crippen molar-refractivity contribution in [1.82, 2.24) is 0 Å². The molecule has 3 saturated carbocycles. The number of esters is 2. The van der Waals surface area contributed by atoms with Crippen LogP contribution in [-0.4, -0.2) is 31.4 Å². The standard InChI is InChI=1S/C18H28O5/c1-3-17(19)23-12-5-6-13-11-7-14(15(13)9-12)16(8-11)18(20)22-10-21-4-2/h11-16H,3-10H2,1-2H3. The first-order valence-electron chi connectivity index (χ1n) is 9.07. The number of ether oxygens (including phenoxy) is 3. The van der Waals surface area contributed by atoms with Gasteiger partial charge >= 0.3 is 11.9 Å². The topological polar surface area (TPSA) is 61.8 Å². The van der Waals surface area contributed by atoms with Crippen molar-refractivity contribution in [1.29, 1.82) is 0 Å². The summed E-state index contributed by atoms with van der Waals surface area (Å²) in [6.45, 7) is 4.33. The van der Waals surface area contributed by atoms with Gasteiger partial charge in [0, 0.05) is 13.0 Å². The monoisotopic (exact) mass is 324 g/mol. The van der Waals surface area contributed by atoms with Crippen molar-refractivity contribution < 1.29 is 23.8 Å². The lowest BCUT2D eigenvalue weighted by atomic mass is 9.67. The molecule has 0 saturated heterocycles. The second-order valence-electron chi connectivity index (χ2n) is 7.18. The summed E-state index contributed by atoms with van der Waals surface area (Å²) in [5.74, 6) is 2.10. The predicted molar refractivity (Wildman–Crippen MR) is 83.3 cm³/mol. The lowest BCUT2D eigenvalue weighted by molar-refractivity contribution is -0.166. The molecule has 0 heterocycles. The highest BCUT2D eigenvalue weighted by Crippen LogP contribution is 2.60. The van der Waals surface area contributed by atoms with Gasteiger partial charge in [-0.15, -0.1) is 0 Å². The number of hydrogen-bond acceptors (Lipinski definition) is 5. The Bertz CT molecular complexity index is 449. The van der Waals surface area contributed by atoms with E-state index in [0.29, 0.717) is 36.7 Å². The first-order chi connectivity index (χ1) is 11.1. The molecule has 6 unspecified atom stereocenters. The van der Waals surface area contributed by atoms with Crippen molar-refractivity contribution in [2.75, 3.05) is 13.4 Å². The van der Waals surface area contributed by atoms with Crippen molar-refractivity contribution in [2.24, 2.45) is 29.6 Å². The van der Waals surface area contributed by atoms with Gasteiger partial charge in [0.2, 0.25) is 0 Å². The van der Waals surface area contributed by atoms with E-state index in [9.17, 15) is 9.59 Å². The molecular weight excluding hydrogens is 296 g/mol. The molecule has 0 spiro atoms. The number of carbonyl (C=O) groups is 2. The van der Waals surface area contributed by atoms with E-state index in [1.165, 1.54) is 0 Å². The van der Waals surface area contributed by atoms with Crippen molar-refractivity contribution in [3.8, 4) is 0 Å². The average molecular weight is 324 g/mol. The first-order valence-corrected chi connectivity index (χ1v) is 9.07. The van der Waals surface area contributed by atoms with Crippen LogP contribution in [0.4, 0.5) is 0 Å². The molecule has 0 aliphatic heterocycles. The Balaban J connectivity index is 1.57. The Kier molecular flexibility index (Phi) is 5.24. The molecule has 3 rings (SSSR count). The molecule has 0 aromatic carbocycles. The molecule has 3 fully saturated rings. The summed E-state index contributed by atoms with van der Waals surface area (Å²) in [5, 5.41) is 0. The maximum Gasteiger partial charge on any atom is 0.311 e. The summed E-state index contributed by atoms with van der Waals surface area (Å²) in [7, 11) is 0. The van der Waals surface area contributed by atoms with Gasteiger partial charge in [0.15, 0.2) is 6.79 Å². The van der Waals surface area contributed by atoms with Crippen molar-refractivity contribution >= 4 is 11.9 Å². The Hall–Kier alpha value is -1.10. The van der Waals surface area contributed by atoms with E-state index in [1.54, 1.807) is 0 Å². The maximum atomic E-state index is 12.3. The van der Waals surface area contributed by atoms with Crippen LogP contribution in [-0.2, 0) is 23.8 Å². The Morgan fingerprint density at radius 3 is 2.57 bits per heavy atom. The van der Waals surface area contributed by atoms with Crippen LogP contribution in [0.5, 0.6) is 0 Å². The predicted octanol–water partition coefficient (Wildman–Crippen LogP) is 2.92. The van der Waals surface area contributed by atoms with E-state index in [4.69, 9.17) is 14.2 Å². The zero-order chi connectivity index (χ0) is 16.4. The fraction of sp³-hybridized carbons (Fsp3) is 0.889. The summed E-state index contributed by atoms with van der Waals surface area (Å²) in [5.41, 5.74) is 0. The zero-order valence-electron chi connectivity index (χ0n) is 14.2. The molecule has 3 aliphatic rings. The molecular formula is C18H28O5. The molecule has 5 heteroatoms. The fourth-order valence-corrected chi connectivity index (χ4v) is 5.14. The minimum absolute atomic E-state index is 0.0160. The van der Waals surface area contributed by atoms with E-state index >= 15 is 0 Å². The second-order valence-corrected chi connectivity index (χ2v) is 7.18. The molecule has 2 bridgehead atoms. The molecule has 3 aliphatic carbocycles. The number of fused-ring (bicyclic) bond motifs is 5. The quantitative estimate of drug-likeness (QED) is 0.427. The van der Waals surface area contributed by atoms with E-state index in [2.05, 4.69) is 0 Å². The highest BCUT2D eigenvalue weighted by molar-refractivity contribution is 5.73. The van der Waals surface area contributed by atoms with E-state index in [-0.39, 0.29) is 30.8 Å². The zero-order valence-corrected chi connectivity index (χ0v) is 14.2. The highest BCUT2D eigenvalue weighted by atomic mass is 16.7. The summed E-state index contributed by atoms with van der Waals surface area (Å²) < 4.78 is 15.9. The van der Waals surface area contributed by atoms with Crippen LogP contribution in [0, 0.1) is 29.6 Å². The molecule has 0 amide bonds. The van der Waals surface area contributed by atoms with Gasteiger partial charge < -0.3 is 14.2 Å². The number of rotatable bonds is 6. The Labute approximate surface area is 138 Å². The normalized spacial score (nSPS) is 38.2. The van der Waals surface area contributed by atoms with Crippen LogP contribution < -0.4 is 0 Å². The van der Waals surface area contributed by atoms with Gasteiger partial charge in [-0.2, -0.15) is 0 Å². The summed E-state index contributed by atoms with van der Waals surface area (Å²) in [6.07, 6.45) is 5.62. The van der Waals surface area contributed by atoms with Crippen molar-refractivity contribution in [3.05, 3.63) is 0 Å². The smallest absolute Gasteiger partial charge is 0.311 e. The molecule has 0 N–H and O–H groups in total. The van der Waals surface area contributed by atoms with Gasteiger partial charge in [-0.05, 0) is 62.7 Å². The number of hydrogen-bond donors (Lipinski definition) is 0. The Morgan fingerprint density at radius 2 is 1.83 bits per heavy atom. The molecule has 0 aromatic rings. The Morgan fingerprint density at radius 1 is 1.00 bits per heavy atom. The van der Waals surface area contributed by atoms with Gasteiger partial charge in [-0.3, -0.25) is 9.59 Å². The first kappa shape index (κ1) is 16.7. The molecule has 6 atom stereocenters. The third kappa shape index (κ3) is 3.39. The van der Waals surface area contributed by atoms with E-state index in [1.807, 2.05) is 13.8 Å². The van der Waals surface area contributed by atoms with Gasteiger partial charge in [0.1, 0.15) is 6.10 Å². The minimum atomic E-state index is -0.107. The summed E-state index contributed by atoms with van der Waals surface area (Å²) >= 11 is 0. The third-order valence-electron chi connectivity index (χ3n) is 6.09. The third-order valence-corrected chi connectivity index (χ3v) is 6.09. The lowest BCUT2D eigenvalue weighted by Gasteiger charge is -2.40. The second kappa shape index (κ2) is 7.20.